The molecule has 0 aliphatic heterocycles. The van der Waals surface area contributed by atoms with Gasteiger partial charge in [-0.25, -0.2) is 5.43 Å². The molecule has 1 aromatic carbocycles. The van der Waals surface area contributed by atoms with Crippen molar-refractivity contribution in [2.24, 2.45) is 5.10 Å². The predicted octanol–water partition coefficient (Wildman–Crippen LogP) is 2.96. The Bertz CT molecular complexity index is 786. The van der Waals surface area contributed by atoms with E-state index in [9.17, 15) is 4.79 Å². The van der Waals surface area contributed by atoms with Crippen LogP contribution in [0, 0.1) is 0 Å². The van der Waals surface area contributed by atoms with Crippen molar-refractivity contribution in [3.05, 3.63) is 78.4 Å². The van der Waals surface area contributed by atoms with Crippen LogP contribution in [0.2, 0.25) is 0 Å². The Hall–Kier alpha value is -3.08. The predicted molar refractivity (Wildman–Crippen MR) is 86.2 cm³/mol. The Morgan fingerprint density at radius 2 is 1.86 bits per heavy atom. The summed E-state index contributed by atoms with van der Waals surface area (Å²) in [6.45, 7) is 1.84. The van der Waals surface area contributed by atoms with Gasteiger partial charge in [-0.15, -0.1) is 0 Å². The van der Waals surface area contributed by atoms with Crippen molar-refractivity contribution in [2.75, 3.05) is 0 Å². The Labute approximate surface area is 128 Å². The number of hydrogen-bond acceptors (Lipinski definition) is 2. The molecule has 3 aromatic rings. The number of H-pyrrole nitrogens is 1. The molecule has 2 heterocycles. The first-order valence-corrected chi connectivity index (χ1v) is 6.96. The molecule has 22 heavy (non-hydrogen) atoms. The molecule has 0 atom stereocenters. The van der Waals surface area contributed by atoms with Crippen LogP contribution in [0.1, 0.15) is 23.0 Å². The molecule has 1 amide bonds. The Morgan fingerprint density at radius 3 is 2.59 bits per heavy atom. The third kappa shape index (κ3) is 2.83. The number of carbonyl (C=O) groups excluding carboxylic acids is 1. The highest BCUT2D eigenvalue weighted by Gasteiger charge is 2.11. The van der Waals surface area contributed by atoms with E-state index in [1.54, 1.807) is 6.07 Å². The number of aromatic amines is 1. The second-order valence-electron chi connectivity index (χ2n) is 4.83. The van der Waals surface area contributed by atoms with Gasteiger partial charge in [0.05, 0.1) is 22.7 Å². The zero-order valence-corrected chi connectivity index (χ0v) is 12.2. The molecule has 3 rings (SSSR count). The lowest BCUT2D eigenvalue weighted by atomic mass is 10.1. The molecule has 5 nitrogen and oxygen atoms in total. The third-order valence-electron chi connectivity index (χ3n) is 3.34. The normalized spacial score (nSPS) is 11.4. The quantitative estimate of drug-likeness (QED) is 0.563. The second kappa shape index (κ2) is 6.13. The van der Waals surface area contributed by atoms with Gasteiger partial charge in [-0.2, -0.15) is 5.10 Å². The fourth-order valence-electron chi connectivity index (χ4n) is 2.20. The number of benzene rings is 1. The molecule has 2 N–H and O–H groups in total. The first kappa shape index (κ1) is 13.9. The fraction of sp³-hybridized carbons (Fsp3) is 0.0588. The summed E-state index contributed by atoms with van der Waals surface area (Å²) in [4.78, 5) is 15.4. The van der Waals surface area contributed by atoms with Gasteiger partial charge in [-0.3, -0.25) is 4.79 Å². The molecule has 0 bridgehead atoms. The van der Waals surface area contributed by atoms with E-state index in [1.807, 2.05) is 72.5 Å². The number of nitrogens with one attached hydrogen (secondary N) is 2. The van der Waals surface area contributed by atoms with Crippen LogP contribution < -0.4 is 5.43 Å². The van der Waals surface area contributed by atoms with E-state index in [0.29, 0.717) is 5.56 Å². The topological polar surface area (TPSA) is 62.2 Å². The molecule has 110 valence electrons. The van der Waals surface area contributed by atoms with Gasteiger partial charge >= 0.3 is 0 Å². The third-order valence-corrected chi connectivity index (χ3v) is 3.34. The summed E-state index contributed by atoms with van der Waals surface area (Å²) in [5.74, 6) is -0.241. The van der Waals surface area contributed by atoms with Crippen LogP contribution in [0.5, 0.6) is 0 Å². The van der Waals surface area contributed by atoms with E-state index < -0.39 is 0 Å². The lowest BCUT2D eigenvalue weighted by Gasteiger charge is -2.09. The van der Waals surface area contributed by atoms with E-state index in [2.05, 4.69) is 15.5 Å². The van der Waals surface area contributed by atoms with Crippen molar-refractivity contribution in [1.82, 2.24) is 15.0 Å². The van der Waals surface area contributed by atoms with Crippen LogP contribution in [0.15, 0.2) is 72.2 Å². The Balaban J connectivity index is 1.83. The van der Waals surface area contributed by atoms with Gasteiger partial charge in [0.15, 0.2) is 0 Å². The van der Waals surface area contributed by atoms with Crippen LogP contribution in [0.4, 0.5) is 0 Å². The molecule has 2 aromatic heterocycles. The van der Waals surface area contributed by atoms with Crippen LogP contribution in [-0.2, 0) is 0 Å². The van der Waals surface area contributed by atoms with E-state index in [-0.39, 0.29) is 5.91 Å². The first-order valence-electron chi connectivity index (χ1n) is 6.96. The molecule has 0 radical (unpaired) electrons. The smallest absolute Gasteiger partial charge is 0.273 e. The minimum Gasteiger partial charge on any atom is -0.360 e. The molecule has 0 saturated heterocycles. The second-order valence-corrected chi connectivity index (χ2v) is 4.83. The standard InChI is InChI=1S/C17H16N4O/c1-13(15-8-6-10-18-15)19-20-17(22)14-7-2-3-9-16(14)21-11-4-5-12-21/h2-12,18H,1H3,(H,20,22)/b19-13+. The van der Waals surface area contributed by atoms with Gasteiger partial charge in [0.1, 0.15) is 0 Å². The van der Waals surface area contributed by atoms with E-state index in [1.165, 1.54) is 0 Å². The van der Waals surface area contributed by atoms with Crippen LogP contribution in [0.3, 0.4) is 0 Å². The number of hydrogen-bond donors (Lipinski definition) is 2. The molecule has 5 heteroatoms. The Kier molecular flexibility index (Phi) is 3.87. The zero-order chi connectivity index (χ0) is 15.4. The summed E-state index contributed by atoms with van der Waals surface area (Å²) in [5, 5.41) is 4.14. The van der Waals surface area contributed by atoms with Crippen molar-refractivity contribution in [2.45, 2.75) is 6.92 Å². The van der Waals surface area contributed by atoms with Crippen molar-refractivity contribution in [1.29, 1.82) is 0 Å². The number of hydrazone groups is 1. The molecular weight excluding hydrogens is 276 g/mol. The maximum Gasteiger partial charge on any atom is 0.273 e. The highest BCUT2D eigenvalue weighted by Crippen LogP contribution is 2.14. The highest BCUT2D eigenvalue weighted by molar-refractivity contribution is 6.01. The minimum atomic E-state index is -0.241. The summed E-state index contributed by atoms with van der Waals surface area (Å²) in [7, 11) is 0. The molecule has 0 unspecified atom stereocenters. The van der Waals surface area contributed by atoms with E-state index >= 15 is 0 Å². The maximum absolute atomic E-state index is 12.4. The number of carbonyl (C=O) groups is 1. The number of para-hydroxylation sites is 1. The molecule has 0 aliphatic rings. The number of nitrogens with zero attached hydrogens (tertiary/aromatic N) is 2. The van der Waals surface area contributed by atoms with Gasteiger partial charge < -0.3 is 9.55 Å². The highest BCUT2D eigenvalue weighted by atomic mass is 16.2. The summed E-state index contributed by atoms with van der Waals surface area (Å²) in [6.07, 6.45) is 5.62. The lowest BCUT2D eigenvalue weighted by molar-refractivity contribution is 0.0955. The lowest BCUT2D eigenvalue weighted by Crippen LogP contribution is -2.21. The Morgan fingerprint density at radius 1 is 1.09 bits per heavy atom. The first-order chi connectivity index (χ1) is 10.8. The van der Waals surface area contributed by atoms with Crippen molar-refractivity contribution in [3.63, 3.8) is 0 Å². The number of amides is 1. The zero-order valence-electron chi connectivity index (χ0n) is 12.2. The summed E-state index contributed by atoms with van der Waals surface area (Å²) < 4.78 is 1.90. The maximum atomic E-state index is 12.4. The molecular formula is C17H16N4O. The van der Waals surface area contributed by atoms with E-state index in [0.717, 1.165) is 17.1 Å². The van der Waals surface area contributed by atoms with Gasteiger partial charge in [0.25, 0.3) is 5.91 Å². The van der Waals surface area contributed by atoms with Crippen molar-refractivity contribution >= 4 is 11.6 Å². The average Bonchev–Trinajstić information content (AvgIpc) is 3.24. The van der Waals surface area contributed by atoms with Gasteiger partial charge in [-0.05, 0) is 43.3 Å². The summed E-state index contributed by atoms with van der Waals surface area (Å²) in [5.41, 5.74) is 5.59. The summed E-state index contributed by atoms with van der Waals surface area (Å²) >= 11 is 0. The summed E-state index contributed by atoms with van der Waals surface area (Å²) in [6, 6.07) is 15.0. The minimum absolute atomic E-state index is 0.241. The number of rotatable bonds is 4. The van der Waals surface area contributed by atoms with Crippen LogP contribution in [0.25, 0.3) is 5.69 Å². The largest absolute Gasteiger partial charge is 0.360 e. The fourth-order valence-corrected chi connectivity index (χ4v) is 2.20. The van der Waals surface area contributed by atoms with Gasteiger partial charge in [0.2, 0.25) is 0 Å². The average molecular weight is 292 g/mol. The van der Waals surface area contributed by atoms with Gasteiger partial charge in [-0.1, -0.05) is 12.1 Å². The van der Waals surface area contributed by atoms with Gasteiger partial charge in [0, 0.05) is 18.6 Å². The molecule has 0 fully saturated rings. The molecule has 0 aliphatic carbocycles. The monoisotopic (exact) mass is 292 g/mol. The van der Waals surface area contributed by atoms with Crippen molar-refractivity contribution < 1.29 is 4.79 Å². The molecule has 0 saturated carbocycles. The number of aromatic nitrogens is 2. The van der Waals surface area contributed by atoms with Crippen LogP contribution >= 0.6 is 0 Å². The van der Waals surface area contributed by atoms with Crippen LogP contribution in [-0.4, -0.2) is 21.2 Å². The van der Waals surface area contributed by atoms with E-state index in [4.69, 9.17) is 0 Å². The van der Waals surface area contributed by atoms with Crippen molar-refractivity contribution in [3.8, 4) is 5.69 Å². The SMILES string of the molecule is C/C(=N\NC(=O)c1ccccc1-n1cccc1)c1ccc[nH]1. The molecule has 0 spiro atoms.